The second kappa shape index (κ2) is 8.16. The molecular weight excluding hydrogens is 478 g/mol. The second-order valence-corrected chi connectivity index (χ2v) is 12.6. The molecule has 2 aromatic carbocycles. The second-order valence-electron chi connectivity index (χ2n) is 9.38. The van der Waals surface area contributed by atoms with Crippen LogP contribution in [0.4, 0.5) is 42.0 Å². The van der Waals surface area contributed by atoms with E-state index in [0.29, 0.717) is 28.1 Å². The topological polar surface area (TPSA) is 79.4 Å². The van der Waals surface area contributed by atoms with E-state index in [1.807, 2.05) is 4.90 Å². The molecule has 1 aliphatic heterocycles. The lowest BCUT2D eigenvalue weighted by Crippen LogP contribution is -2.51. The quantitative estimate of drug-likeness (QED) is 0.429. The first-order valence-corrected chi connectivity index (χ1v) is 13.6. The standard InChI is InChI=1S/C24H25F3N5O2P/c1-34-20-17(8-6-9-18(20)32-13-23(14-32)12-24(23,26)27)30-22-28-11-15(25)21(31-22)29-16-7-4-5-10-19(16)35(2,3)33/h4-11H,12-14H2,1-3H3,(H2,28,29,30,31). The number of aromatic nitrogens is 2. The number of benzene rings is 2. The van der Waals surface area contributed by atoms with Crippen LogP contribution >= 0.6 is 7.14 Å². The summed E-state index contributed by atoms with van der Waals surface area (Å²) in [5.74, 6) is -2.80. The SMILES string of the molecule is COc1c(Nc2ncc(F)c(Nc3ccccc3P(C)(C)=O)n2)cccc1N1CC2(C1)CC2(F)F. The van der Waals surface area contributed by atoms with Gasteiger partial charge in [0.1, 0.15) is 7.14 Å². The van der Waals surface area contributed by atoms with Crippen LogP contribution in [0.2, 0.25) is 0 Å². The van der Waals surface area contributed by atoms with Crippen LogP contribution in [-0.2, 0) is 4.57 Å². The first-order chi connectivity index (χ1) is 16.5. The minimum absolute atomic E-state index is 0.0788. The minimum atomic E-state index is -2.62. The summed E-state index contributed by atoms with van der Waals surface area (Å²) in [6.45, 7) is 3.80. The summed E-state index contributed by atoms with van der Waals surface area (Å²) in [7, 11) is -1.13. The molecule has 1 saturated heterocycles. The van der Waals surface area contributed by atoms with E-state index in [4.69, 9.17) is 4.74 Å². The van der Waals surface area contributed by atoms with Crippen LogP contribution in [0.5, 0.6) is 5.75 Å². The molecular formula is C24H25F3N5O2P. The Labute approximate surface area is 201 Å². The van der Waals surface area contributed by atoms with Gasteiger partial charge in [0, 0.05) is 24.8 Å². The van der Waals surface area contributed by atoms with Crippen molar-refractivity contribution in [1.29, 1.82) is 0 Å². The largest absolute Gasteiger partial charge is 0.492 e. The Kier molecular flexibility index (Phi) is 5.47. The van der Waals surface area contributed by atoms with Crippen LogP contribution in [0.3, 0.4) is 0 Å². The molecule has 35 heavy (non-hydrogen) atoms. The van der Waals surface area contributed by atoms with Gasteiger partial charge in [0.2, 0.25) is 5.95 Å². The van der Waals surface area contributed by atoms with Gasteiger partial charge in [-0.3, -0.25) is 0 Å². The summed E-state index contributed by atoms with van der Waals surface area (Å²) in [6.07, 6.45) is 0.951. The van der Waals surface area contributed by atoms with E-state index >= 15 is 0 Å². The summed E-state index contributed by atoms with van der Waals surface area (Å²) >= 11 is 0. The molecule has 2 heterocycles. The van der Waals surface area contributed by atoms with Crippen molar-refractivity contribution in [3.8, 4) is 5.75 Å². The highest BCUT2D eigenvalue weighted by Gasteiger charge is 2.76. The molecule has 0 atom stereocenters. The van der Waals surface area contributed by atoms with E-state index in [9.17, 15) is 17.7 Å². The number of halogens is 3. The summed E-state index contributed by atoms with van der Waals surface area (Å²) in [5, 5.41) is 6.54. The predicted octanol–water partition coefficient (Wildman–Crippen LogP) is 5.20. The van der Waals surface area contributed by atoms with E-state index in [1.54, 1.807) is 55.8 Å². The van der Waals surface area contributed by atoms with E-state index < -0.39 is 24.3 Å². The van der Waals surface area contributed by atoms with E-state index in [0.717, 1.165) is 6.20 Å². The third-order valence-electron chi connectivity index (χ3n) is 6.47. The van der Waals surface area contributed by atoms with E-state index in [2.05, 4.69) is 20.6 Å². The lowest BCUT2D eigenvalue weighted by molar-refractivity contribution is 0.0519. The van der Waals surface area contributed by atoms with Crippen LogP contribution in [0.15, 0.2) is 48.7 Å². The van der Waals surface area contributed by atoms with Crippen LogP contribution in [0, 0.1) is 11.2 Å². The van der Waals surface area contributed by atoms with Gasteiger partial charge in [0.05, 0.1) is 35.8 Å². The molecule has 3 aromatic rings. The molecule has 0 bridgehead atoms. The number of rotatable bonds is 7. The summed E-state index contributed by atoms with van der Waals surface area (Å²) in [6, 6.07) is 12.3. The van der Waals surface area contributed by atoms with Gasteiger partial charge < -0.3 is 24.8 Å². The summed E-state index contributed by atoms with van der Waals surface area (Å²) in [5.41, 5.74) is 0.770. The van der Waals surface area contributed by atoms with Crippen molar-refractivity contribution in [1.82, 2.24) is 9.97 Å². The van der Waals surface area contributed by atoms with Crippen molar-refractivity contribution in [2.45, 2.75) is 12.3 Å². The predicted molar refractivity (Wildman–Crippen MR) is 131 cm³/mol. The fourth-order valence-electron chi connectivity index (χ4n) is 4.48. The Hall–Kier alpha value is -3.26. The third-order valence-corrected chi connectivity index (χ3v) is 8.02. The zero-order chi connectivity index (χ0) is 25.0. The van der Waals surface area contributed by atoms with Crippen molar-refractivity contribution in [2.24, 2.45) is 5.41 Å². The molecule has 1 saturated carbocycles. The maximum atomic E-state index is 14.6. The number of ether oxygens (including phenoxy) is 1. The summed E-state index contributed by atoms with van der Waals surface area (Å²) in [4.78, 5) is 10.1. The fourth-order valence-corrected chi connectivity index (χ4v) is 5.63. The van der Waals surface area contributed by atoms with E-state index in [-0.39, 0.29) is 31.3 Å². The Morgan fingerprint density at radius 1 is 1.06 bits per heavy atom. The van der Waals surface area contributed by atoms with Crippen LogP contribution < -0.4 is 25.6 Å². The Balaban J connectivity index is 1.39. The molecule has 1 spiro atoms. The van der Waals surface area contributed by atoms with Crippen molar-refractivity contribution in [2.75, 3.05) is 49.1 Å². The van der Waals surface area contributed by atoms with Gasteiger partial charge >= 0.3 is 0 Å². The average Bonchev–Trinajstić information content (AvgIpc) is 3.37. The summed E-state index contributed by atoms with van der Waals surface area (Å²) < 4.78 is 60.1. The van der Waals surface area contributed by atoms with Gasteiger partial charge in [-0.15, -0.1) is 0 Å². The van der Waals surface area contributed by atoms with Crippen molar-refractivity contribution < 1.29 is 22.5 Å². The van der Waals surface area contributed by atoms with Crippen LogP contribution in [-0.4, -0.2) is 49.4 Å². The molecule has 0 radical (unpaired) electrons. The highest BCUT2D eigenvalue weighted by atomic mass is 31.2. The molecule has 2 aliphatic rings. The zero-order valence-electron chi connectivity index (χ0n) is 19.5. The molecule has 7 nitrogen and oxygen atoms in total. The molecule has 1 aromatic heterocycles. The molecule has 2 fully saturated rings. The van der Waals surface area contributed by atoms with Gasteiger partial charge in [-0.05, 0) is 37.6 Å². The monoisotopic (exact) mass is 503 g/mol. The lowest BCUT2D eigenvalue weighted by Gasteiger charge is -2.42. The normalized spacial score (nSPS) is 17.6. The third kappa shape index (κ3) is 4.20. The van der Waals surface area contributed by atoms with Gasteiger partial charge in [-0.2, -0.15) is 4.98 Å². The number of hydrogen-bond acceptors (Lipinski definition) is 7. The molecule has 2 N–H and O–H groups in total. The number of nitrogens with one attached hydrogen (secondary N) is 2. The van der Waals surface area contributed by atoms with Crippen LogP contribution in [0.25, 0.3) is 0 Å². The van der Waals surface area contributed by atoms with Gasteiger partial charge in [0.15, 0.2) is 17.4 Å². The molecule has 184 valence electrons. The van der Waals surface area contributed by atoms with Crippen molar-refractivity contribution in [3.63, 3.8) is 0 Å². The van der Waals surface area contributed by atoms with Crippen LogP contribution in [0.1, 0.15) is 6.42 Å². The Bertz CT molecular complexity index is 1340. The maximum Gasteiger partial charge on any atom is 0.258 e. The van der Waals surface area contributed by atoms with Gasteiger partial charge in [0.25, 0.3) is 5.92 Å². The first kappa shape index (κ1) is 23.5. The van der Waals surface area contributed by atoms with Gasteiger partial charge in [-0.25, -0.2) is 18.2 Å². The Morgan fingerprint density at radius 2 is 1.74 bits per heavy atom. The number of para-hydroxylation sites is 2. The number of anilines is 5. The molecule has 11 heteroatoms. The van der Waals surface area contributed by atoms with Crippen molar-refractivity contribution >= 4 is 41.3 Å². The molecule has 1 aliphatic carbocycles. The van der Waals surface area contributed by atoms with Crippen molar-refractivity contribution in [3.05, 3.63) is 54.5 Å². The fraction of sp³-hybridized carbons (Fsp3) is 0.333. The number of hydrogen-bond donors (Lipinski definition) is 2. The van der Waals surface area contributed by atoms with Gasteiger partial charge in [-0.1, -0.05) is 18.2 Å². The smallest absolute Gasteiger partial charge is 0.258 e. The molecule has 5 rings (SSSR count). The maximum absolute atomic E-state index is 14.6. The first-order valence-electron chi connectivity index (χ1n) is 11.0. The average molecular weight is 503 g/mol. The zero-order valence-corrected chi connectivity index (χ0v) is 20.4. The molecule has 0 unspecified atom stereocenters. The number of nitrogens with zero attached hydrogens (tertiary/aromatic N) is 3. The molecule has 0 amide bonds. The lowest BCUT2D eigenvalue weighted by atomic mass is 9.94. The Morgan fingerprint density at radius 3 is 2.40 bits per heavy atom. The number of methoxy groups -OCH3 is 1. The highest BCUT2D eigenvalue weighted by molar-refractivity contribution is 7.70. The number of alkyl halides is 2. The highest BCUT2D eigenvalue weighted by Crippen LogP contribution is 2.66. The van der Waals surface area contributed by atoms with E-state index in [1.165, 1.54) is 7.11 Å². The minimum Gasteiger partial charge on any atom is -0.492 e.